The van der Waals surface area contributed by atoms with E-state index in [0.717, 1.165) is 30.6 Å². The zero-order chi connectivity index (χ0) is 17.1. The highest BCUT2D eigenvalue weighted by atomic mass is 16.5. The van der Waals surface area contributed by atoms with Crippen LogP contribution in [0.4, 0.5) is 0 Å². The predicted octanol–water partition coefficient (Wildman–Crippen LogP) is 2.43. The van der Waals surface area contributed by atoms with Crippen molar-refractivity contribution in [3.8, 4) is 5.75 Å². The van der Waals surface area contributed by atoms with Gasteiger partial charge in [-0.1, -0.05) is 13.0 Å². The first-order chi connectivity index (χ1) is 11.5. The van der Waals surface area contributed by atoms with E-state index in [9.17, 15) is 14.7 Å². The number of fused-ring (bicyclic) bond motifs is 1. The summed E-state index contributed by atoms with van der Waals surface area (Å²) in [5.41, 5.74) is 1.90. The number of aliphatic carboxylic acids is 1. The molecule has 4 rings (SSSR count). The molecule has 0 bridgehead atoms. The standard InChI is InChI=1S/C19H23NO4/c1-11-10-19-14-6-5-13(24-2)8-12(14)4-3-7-20(19)16(21)9-15(19)17(11)18(22)23/h5-6,8,11,15,17H,3-4,7,9-10H2,1-2H3,(H,22,23)/t11-,15-,17+,19-/m0/s1. The molecule has 1 aromatic rings. The normalized spacial score (nSPS) is 34.3. The summed E-state index contributed by atoms with van der Waals surface area (Å²) in [5.74, 6) is -0.355. The number of nitrogens with zero attached hydrogens (tertiary/aromatic N) is 1. The lowest BCUT2D eigenvalue weighted by atomic mass is 9.76. The topological polar surface area (TPSA) is 66.8 Å². The first kappa shape index (κ1) is 15.5. The van der Waals surface area contributed by atoms with Gasteiger partial charge < -0.3 is 14.7 Å². The minimum atomic E-state index is -0.765. The fraction of sp³-hybridized carbons (Fsp3) is 0.579. The molecule has 0 unspecified atom stereocenters. The van der Waals surface area contributed by atoms with Crippen LogP contribution < -0.4 is 4.74 Å². The molecule has 3 aliphatic rings. The molecule has 1 saturated carbocycles. The third-order valence-electron chi connectivity index (χ3n) is 6.36. The second-order valence-electron chi connectivity index (χ2n) is 7.45. The van der Waals surface area contributed by atoms with Gasteiger partial charge in [0.25, 0.3) is 0 Å². The Hall–Kier alpha value is -2.04. The summed E-state index contributed by atoms with van der Waals surface area (Å²) >= 11 is 0. The van der Waals surface area contributed by atoms with Crippen LogP contribution in [0.25, 0.3) is 0 Å². The Morgan fingerprint density at radius 2 is 2.21 bits per heavy atom. The van der Waals surface area contributed by atoms with Gasteiger partial charge >= 0.3 is 5.97 Å². The van der Waals surface area contributed by atoms with E-state index in [1.807, 2.05) is 17.9 Å². The SMILES string of the molecule is COc1ccc2c(c1)CCCN1C(=O)C[C@H]3[C@H](C(=O)O)[C@@H](C)C[C@]231. The molecule has 5 heteroatoms. The molecule has 5 nitrogen and oxygen atoms in total. The van der Waals surface area contributed by atoms with Crippen LogP contribution in [0.1, 0.15) is 37.3 Å². The molecule has 1 saturated heterocycles. The van der Waals surface area contributed by atoms with Crippen LogP contribution in [0.3, 0.4) is 0 Å². The lowest BCUT2D eigenvalue weighted by Gasteiger charge is -2.39. The summed E-state index contributed by atoms with van der Waals surface area (Å²) in [6.07, 6.45) is 2.90. The lowest BCUT2D eigenvalue weighted by Crippen LogP contribution is -2.45. The van der Waals surface area contributed by atoms with Crippen molar-refractivity contribution in [3.05, 3.63) is 29.3 Å². The Kier molecular flexibility index (Phi) is 3.37. The molecule has 2 aliphatic heterocycles. The first-order valence-electron chi connectivity index (χ1n) is 8.69. The Morgan fingerprint density at radius 3 is 2.92 bits per heavy atom. The van der Waals surface area contributed by atoms with Gasteiger partial charge in [-0.3, -0.25) is 9.59 Å². The van der Waals surface area contributed by atoms with Crippen LogP contribution in [0, 0.1) is 17.8 Å². The zero-order valence-corrected chi connectivity index (χ0v) is 14.1. The van der Waals surface area contributed by atoms with Crippen molar-refractivity contribution in [2.75, 3.05) is 13.7 Å². The predicted molar refractivity (Wildman–Crippen MR) is 87.7 cm³/mol. The molecule has 4 atom stereocenters. The molecular formula is C19H23NO4. The van der Waals surface area contributed by atoms with E-state index in [2.05, 4.69) is 12.1 Å². The number of benzene rings is 1. The van der Waals surface area contributed by atoms with Crippen molar-refractivity contribution in [3.63, 3.8) is 0 Å². The van der Waals surface area contributed by atoms with Gasteiger partial charge in [-0.15, -0.1) is 0 Å². The third-order valence-corrected chi connectivity index (χ3v) is 6.36. The molecule has 2 heterocycles. The Labute approximate surface area is 141 Å². The molecule has 1 aromatic carbocycles. The Balaban J connectivity index is 1.92. The smallest absolute Gasteiger partial charge is 0.307 e. The second kappa shape index (κ2) is 5.23. The van der Waals surface area contributed by atoms with Gasteiger partial charge in [0.2, 0.25) is 5.91 Å². The highest BCUT2D eigenvalue weighted by Crippen LogP contribution is 2.60. The number of hydrogen-bond acceptors (Lipinski definition) is 3. The van der Waals surface area contributed by atoms with E-state index in [4.69, 9.17) is 4.74 Å². The lowest BCUT2D eigenvalue weighted by molar-refractivity contribution is -0.144. The molecule has 1 aliphatic carbocycles. The second-order valence-corrected chi connectivity index (χ2v) is 7.45. The molecule has 24 heavy (non-hydrogen) atoms. The minimum absolute atomic E-state index is 0.0659. The van der Waals surface area contributed by atoms with Crippen LogP contribution in [0.5, 0.6) is 5.75 Å². The van der Waals surface area contributed by atoms with Crippen molar-refractivity contribution in [1.29, 1.82) is 0 Å². The molecule has 1 N–H and O–H groups in total. The van der Waals surface area contributed by atoms with Gasteiger partial charge in [0.1, 0.15) is 5.75 Å². The van der Waals surface area contributed by atoms with Gasteiger partial charge in [0, 0.05) is 18.9 Å². The largest absolute Gasteiger partial charge is 0.497 e. The number of amides is 1. The maximum absolute atomic E-state index is 12.7. The maximum atomic E-state index is 12.7. The molecular weight excluding hydrogens is 306 g/mol. The molecule has 2 fully saturated rings. The fourth-order valence-electron chi connectivity index (χ4n) is 5.54. The maximum Gasteiger partial charge on any atom is 0.307 e. The number of methoxy groups -OCH3 is 1. The quantitative estimate of drug-likeness (QED) is 0.905. The molecule has 1 amide bonds. The van der Waals surface area contributed by atoms with Gasteiger partial charge in [0.05, 0.1) is 18.6 Å². The Bertz CT molecular complexity index is 715. The van der Waals surface area contributed by atoms with Gasteiger partial charge in [-0.05, 0) is 48.4 Å². The monoisotopic (exact) mass is 329 g/mol. The van der Waals surface area contributed by atoms with Crippen molar-refractivity contribution in [2.45, 2.75) is 38.1 Å². The highest BCUT2D eigenvalue weighted by Gasteiger charge is 2.64. The van der Waals surface area contributed by atoms with Gasteiger partial charge in [0.15, 0.2) is 0 Å². The van der Waals surface area contributed by atoms with E-state index < -0.39 is 17.4 Å². The van der Waals surface area contributed by atoms with Crippen molar-refractivity contribution in [1.82, 2.24) is 4.90 Å². The van der Waals surface area contributed by atoms with E-state index in [-0.39, 0.29) is 17.7 Å². The fourth-order valence-corrected chi connectivity index (χ4v) is 5.54. The summed E-state index contributed by atoms with van der Waals surface area (Å²) < 4.78 is 5.37. The number of carbonyl (C=O) groups excluding carboxylic acids is 1. The average molecular weight is 329 g/mol. The molecule has 1 spiro atoms. The van der Waals surface area contributed by atoms with Crippen LogP contribution >= 0.6 is 0 Å². The summed E-state index contributed by atoms with van der Waals surface area (Å²) in [4.78, 5) is 26.6. The van der Waals surface area contributed by atoms with Crippen LogP contribution in [0.15, 0.2) is 18.2 Å². The summed E-state index contributed by atoms with van der Waals surface area (Å²) in [6.45, 7) is 2.73. The average Bonchev–Trinajstić information content (AvgIpc) is 2.89. The van der Waals surface area contributed by atoms with Crippen LogP contribution in [-0.4, -0.2) is 35.5 Å². The first-order valence-corrected chi connectivity index (χ1v) is 8.69. The summed E-state index contributed by atoms with van der Waals surface area (Å²) in [7, 11) is 1.66. The van der Waals surface area contributed by atoms with Crippen molar-refractivity contribution in [2.24, 2.45) is 17.8 Å². The summed E-state index contributed by atoms with van der Waals surface area (Å²) in [6, 6.07) is 6.07. The third kappa shape index (κ3) is 1.87. The Morgan fingerprint density at radius 1 is 1.42 bits per heavy atom. The molecule has 0 radical (unpaired) electrons. The highest BCUT2D eigenvalue weighted by molar-refractivity contribution is 5.84. The minimum Gasteiger partial charge on any atom is -0.497 e. The summed E-state index contributed by atoms with van der Waals surface area (Å²) in [5, 5.41) is 9.75. The van der Waals surface area contributed by atoms with Crippen LogP contribution in [0.2, 0.25) is 0 Å². The van der Waals surface area contributed by atoms with E-state index >= 15 is 0 Å². The number of carbonyl (C=O) groups is 2. The van der Waals surface area contributed by atoms with Gasteiger partial charge in [-0.25, -0.2) is 0 Å². The molecule has 128 valence electrons. The zero-order valence-electron chi connectivity index (χ0n) is 14.1. The van der Waals surface area contributed by atoms with E-state index in [1.165, 1.54) is 5.56 Å². The van der Waals surface area contributed by atoms with Crippen molar-refractivity contribution < 1.29 is 19.4 Å². The van der Waals surface area contributed by atoms with Gasteiger partial charge in [-0.2, -0.15) is 0 Å². The number of carboxylic acids is 1. The van der Waals surface area contributed by atoms with E-state index in [1.54, 1.807) is 7.11 Å². The van der Waals surface area contributed by atoms with E-state index in [0.29, 0.717) is 13.0 Å². The van der Waals surface area contributed by atoms with Crippen LogP contribution in [-0.2, 0) is 21.5 Å². The molecule has 0 aromatic heterocycles. The number of hydrogen-bond donors (Lipinski definition) is 1. The number of ether oxygens (including phenoxy) is 1. The number of carboxylic acid groups (broad SMARTS) is 1. The number of aryl methyl sites for hydroxylation is 1. The van der Waals surface area contributed by atoms with Crippen molar-refractivity contribution >= 4 is 11.9 Å². The number of rotatable bonds is 2.